The van der Waals surface area contributed by atoms with E-state index < -0.39 is 6.10 Å². The van der Waals surface area contributed by atoms with Crippen LogP contribution in [0.2, 0.25) is 0 Å². The Kier molecular flexibility index (Phi) is 7.86. The van der Waals surface area contributed by atoms with Crippen molar-refractivity contribution >= 4 is 11.6 Å². The zero-order valence-electron chi connectivity index (χ0n) is 17.2. The highest BCUT2D eigenvalue weighted by Gasteiger charge is 2.19. The number of aryl methyl sites for hydroxylation is 1. The molecule has 1 amide bonds. The summed E-state index contributed by atoms with van der Waals surface area (Å²) in [6, 6.07) is 14.0. The van der Waals surface area contributed by atoms with Crippen molar-refractivity contribution in [3.63, 3.8) is 0 Å². The molecule has 0 unspecified atom stereocenters. The number of ether oxygens (including phenoxy) is 1. The molecule has 4 nitrogen and oxygen atoms in total. The Morgan fingerprint density at radius 3 is 2.30 bits per heavy atom. The molecule has 0 radical (unpaired) electrons. The van der Waals surface area contributed by atoms with E-state index in [1.165, 1.54) is 5.56 Å². The second kappa shape index (κ2) is 10.1. The van der Waals surface area contributed by atoms with Gasteiger partial charge in [0.05, 0.1) is 0 Å². The maximum absolute atomic E-state index is 12.7. The van der Waals surface area contributed by atoms with Crippen LogP contribution in [-0.2, 0) is 11.3 Å². The number of carbonyl (C=O) groups is 1. The third-order valence-electron chi connectivity index (χ3n) is 5.01. The van der Waals surface area contributed by atoms with Crippen molar-refractivity contribution in [2.24, 2.45) is 0 Å². The lowest BCUT2D eigenvalue weighted by Crippen LogP contribution is -2.32. The number of amides is 1. The van der Waals surface area contributed by atoms with E-state index in [4.69, 9.17) is 4.74 Å². The van der Waals surface area contributed by atoms with Gasteiger partial charge in [-0.2, -0.15) is 0 Å². The van der Waals surface area contributed by atoms with Crippen LogP contribution >= 0.6 is 0 Å². The van der Waals surface area contributed by atoms with Gasteiger partial charge in [-0.3, -0.25) is 9.69 Å². The summed E-state index contributed by atoms with van der Waals surface area (Å²) in [5, 5.41) is 2.98. The van der Waals surface area contributed by atoms with Crippen LogP contribution in [0.4, 0.5) is 5.69 Å². The van der Waals surface area contributed by atoms with Crippen molar-refractivity contribution in [1.82, 2.24) is 4.90 Å². The van der Waals surface area contributed by atoms with Gasteiger partial charge in [-0.25, -0.2) is 0 Å². The highest BCUT2D eigenvalue weighted by molar-refractivity contribution is 5.94. The molecule has 2 aromatic rings. The monoisotopic (exact) mass is 368 g/mol. The number of benzene rings is 2. The molecule has 0 aromatic heterocycles. The van der Waals surface area contributed by atoms with Crippen LogP contribution in [0, 0.1) is 13.8 Å². The van der Waals surface area contributed by atoms with Crippen LogP contribution in [0.1, 0.15) is 43.9 Å². The summed E-state index contributed by atoms with van der Waals surface area (Å²) in [7, 11) is 0. The number of carbonyl (C=O) groups excluding carboxylic acids is 1. The number of hydrogen-bond acceptors (Lipinski definition) is 3. The van der Waals surface area contributed by atoms with Crippen LogP contribution in [0.15, 0.2) is 42.5 Å². The Labute approximate surface area is 163 Å². The SMILES string of the molecule is CC[C@@H](Oc1cccc(C)c1C)C(=O)Nc1ccc(CN(CC)CC)cc1. The first kappa shape index (κ1) is 21.0. The molecule has 1 atom stereocenters. The van der Waals surface area contributed by atoms with Crippen molar-refractivity contribution in [3.05, 3.63) is 59.2 Å². The standard InChI is InChI=1S/C23H32N2O2/c1-6-21(27-22-11-9-10-17(4)18(22)5)23(26)24-20-14-12-19(13-15-20)16-25(7-2)8-3/h9-15,21H,6-8,16H2,1-5H3,(H,24,26)/t21-/m1/s1. The van der Waals surface area contributed by atoms with Gasteiger partial charge in [-0.15, -0.1) is 0 Å². The lowest BCUT2D eigenvalue weighted by molar-refractivity contribution is -0.122. The maximum Gasteiger partial charge on any atom is 0.265 e. The molecule has 2 aromatic carbocycles. The number of nitrogens with one attached hydrogen (secondary N) is 1. The predicted octanol–water partition coefficient (Wildman–Crippen LogP) is 4.94. The summed E-state index contributed by atoms with van der Waals surface area (Å²) in [6.07, 6.45) is 0.0973. The third-order valence-corrected chi connectivity index (χ3v) is 5.01. The molecule has 0 spiro atoms. The van der Waals surface area contributed by atoms with E-state index in [9.17, 15) is 4.79 Å². The minimum Gasteiger partial charge on any atom is -0.480 e. The third kappa shape index (κ3) is 5.83. The topological polar surface area (TPSA) is 41.6 Å². The van der Waals surface area contributed by atoms with Crippen LogP contribution in [0.25, 0.3) is 0 Å². The number of anilines is 1. The highest BCUT2D eigenvalue weighted by Crippen LogP contribution is 2.23. The normalized spacial score (nSPS) is 12.1. The van der Waals surface area contributed by atoms with Crippen molar-refractivity contribution in [3.8, 4) is 5.75 Å². The van der Waals surface area contributed by atoms with Gasteiger partial charge in [0.2, 0.25) is 0 Å². The van der Waals surface area contributed by atoms with Crippen LogP contribution in [0.5, 0.6) is 5.75 Å². The molecule has 0 saturated heterocycles. The zero-order valence-corrected chi connectivity index (χ0v) is 17.2. The van der Waals surface area contributed by atoms with E-state index in [0.717, 1.165) is 42.2 Å². The van der Waals surface area contributed by atoms with Gasteiger partial charge in [0.25, 0.3) is 5.91 Å². The molecule has 0 aliphatic heterocycles. The van der Waals surface area contributed by atoms with Gasteiger partial charge in [0.1, 0.15) is 5.75 Å². The fourth-order valence-corrected chi connectivity index (χ4v) is 2.95. The fourth-order valence-electron chi connectivity index (χ4n) is 2.95. The lowest BCUT2D eigenvalue weighted by Gasteiger charge is -2.20. The Balaban J connectivity index is 2.00. The van der Waals surface area contributed by atoms with Gasteiger partial charge in [-0.1, -0.05) is 45.0 Å². The minimum absolute atomic E-state index is 0.116. The number of hydrogen-bond donors (Lipinski definition) is 1. The first-order chi connectivity index (χ1) is 13.0. The first-order valence-corrected chi connectivity index (χ1v) is 9.83. The maximum atomic E-state index is 12.7. The van der Waals surface area contributed by atoms with E-state index in [1.54, 1.807) is 0 Å². The van der Waals surface area contributed by atoms with Crippen LogP contribution < -0.4 is 10.1 Å². The van der Waals surface area contributed by atoms with Crippen molar-refractivity contribution in [2.45, 2.75) is 53.7 Å². The number of rotatable bonds is 9. The van der Waals surface area contributed by atoms with E-state index in [1.807, 2.05) is 51.1 Å². The molecule has 0 fully saturated rings. The lowest BCUT2D eigenvalue weighted by atomic mass is 10.1. The molecule has 146 valence electrons. The molecule has 0 heterocycles. The molecule has 0 aliphatic rings. The highest BCUT2D eigenvalue weighted by atomic mass is 16.5. The van der Waals surface area contributed by atoms with E-state index in [0.29, 0.717) is 6.42 Å². The molecule has 4 heteroatoms. The summed E-state index contributed by atoms with van der Waals surface area (Å²) in [6.45, 7) is 13.3. The Hall–Kier alpha value is -2.33. The van der Waals surface area contributed by atoms with E-state index in [2.05, 4.69) is 36.2 Å². The zero-order chi connectivity index (χ0) is 19.8. The molecule has 0 aliphatic carbocycles. The van der Waals surface area contributed by atoms with E-state index in [-0.39, 0.29) is 5.91 Å². The average molecular weight is 369 g/mol. The summed E-state index contributed by atoms with van der Waals surface area (Å²) in [4.78, 5) is 15.0. The van der Waals surface area contributed by atoms with Gasteiger partial charge in [0, 0.05) is 12.2 Å². The van der Waals surface area contributed by atoms with Gasteiger partial charge < -0.3 is 10.1 Å². The Morgan fingerprint density at radius 1 is 1.04 bits per heavy atom. The molecule has 0 saturated carbocycles. The van der Waals surface area contributed by atoms with Gasteiger partial charge >= 0.3 is 0 Å². The second-order valence-corrected chi connectivity index (χ2v) is 6.86. The first-order valence-electron chi connectivity index (χ1n) is 9.83. The molecular weight excluding hydrogens is 336 g/mol. The predicted molar refractivity (Wildman–Crippen MR) is 112 cm³/mol. The number of nitrogens with zero attached hydrogens (tertiary/aromatic N) is 1. The quantitative estimate of drug-likeness (QED) is 0.681. The Bertz CT molecular complexity index is 737. The van der Waals surface area contributed by atoms with Crippen LogP contribution in [-0.4, -0.2) is 30.0 Å². The van der Waals surface area contributed by atoms with Gasteiger partial charge in [0.15, 0.2) is 6.10 Å². The van der Waals surface area contributed by atoms with Crippen molar-refractivity contribution in [2.75, 3.05) is 18.4 Å². The fraction of sp³-hybridized carbons (Fsp3) is 0.435. The smallest absolute Gasteiger partial charge is 0.265 e. The van der Waals surface area contributed by atoms with Gasteiger partial charge in [-0.05, 0) is 68.2 Å². The van der Waals surface area contributed by atoms with Crippen molar-refractivity contribution in [1.29, 1.82) is 0 Å². The molecule has 27 heavy (non-hydrogen) atoms. The summed E-state index contributed by atoms with van der Waals surface area (Å²) >= 11 is 0. The molecular formula is C23H32N2O2. The minimum atomic E-state index is -0.513. The largest absolute Gasteiger partial charge is 0.480 e. The Morgan fingerprint density at radius 2 is 1.70 bits per heavy atom. The van der Waals surface area contributed by atoms with Crippen molar-refractivity contribution < 1.29 is 9.53 Å². The molecule has 0 bridgehead atoms. The average Bonchev–Trinajstić information content (AvgIpc) is 2.68. The molecule has 1 N–H and O–H groups in total. The second-order valence-electron chi connectivity index (χ2n) is 6.86. The summed E-state index contributed by atoms with van der Waals surface area (Å²) in [5.74, 6) is 0.654. The van der Waals surface area contributed by atoms with Crippen LogP contribution in [0.3, 0.4) is 0 Å². The molecule has 2 rings (SSSR count). The van der Waals surface area contributed by atoms with E-state index >= 15 is 0 Å². The summed E-state index contributed by atoms with van der Waals surface area (Å²) in [5.41, 5.74) is 4.28. The summed E-state index contributed by atoms with van der Waals surface area (Å²) < 4.78 is 6.00.